The third-order valence-corrected chi connectivity index (χ3v) is 5.66. The van der Waals surface area contributed by atoms with Gasteiger partial charge < -0.3 is 10.1 Å². The summed E-state index contributed by atoms with van der Waals surface area (Å²) >= 11 is 4.32. The number of benzene rings is 2. The van der Waals surface area contributed by atoms with E-state index in [0.29, 0.717) is 5.75 Å². The van der Waals surface area contributed by atoms with Crippen LogP contribution in [0, 0.1) is 26.4 Å². The maximum atomic E-state index is 12.7. The molecule has 3 amide bonds. The molecule has 0 bridgehead atoms. The van der Waals surface area contributed by atoms with Crippen LogP contribution in [0.2, 0.25) is 0 Å². The number of terminal acetylenes is 1. The highest BCUT2D eigenvalue weighted by molar-refractivity contribution is 14.1. The molecule has 2 aromatic rings. The Balaban J connectivity index is 1.81. The highest BCUT2D eigenvalue weighted by Crippen LogP contribution is 2.30. The molecule has 2 aromatic carbocycles. The molecule has 0 aliphatic carbocycles. The highest BCUT2D eigenvalue weighted by atomic mass is 127. The molecule has 3 rings (SSSR count). The van der Waals surface area contributed by atoms with E-state index in [0.717, 1.165) is 23.8 Å². The number of carbonyl (C=O) groups excluding carboxylic acids is 2. The van der Waals surface area contributed by atoms with Crippen molar-refractivity contribution in [2.24, 2.45) is 0 Å². The average molecular weight is 598 g/mol. The van der Waals surface area contributed by atoms with Crippen molar-refractivity contribution in [1.82, 2.24) is 10.2 Å². The molecule has 7 heteroatoms. The Hall–Kier alpha value is -2.06. The summed E-state index contributed by atoms with van der Waals surface area (Å²) in [4.78, 5) is 26.2. The van der Waals surface area contributed by atoms with E-state index < -0.39 is 6.03 Å². The van der Waals surface area contributed by atoms with Gasteiger partial charge in [-0.15, -0.1) is 6.42 Å². The zero-order valence-electron chi connectivity index (χ0n) is 15.0. The number of urea groups is 1. The van der Waals surface area contributed by atoms with Gasteiger partial charge >= 0.3 is 6.03 Å². The molecule has 0 unspecified atom stereocenters. The van der Waals surface area contributed by atoms with Gasteiger partial charge in [0, 0.05) is 0 Å². The van der Waals surface area contributed by atoms with Gasteiger partial charge in [-0.3, -0.25) is 9.69 Å². The number of hydrogen-bond donors (Lipinski definition) is 1. The molecule has 0 radical (unpaired) electrons. The van der Waals surface area contributed by atoms with Crippen LogP contribution in [0.15, 0.2) is 42.1 Å². The van der Waals surface area contributed by atoms with Crippen molar-refractivity contribution in [3.05, 3.63) is 65.9 Å². The van der Waals surface area contributed by atoms with Gasteiger partial charge in [0.25, 0.3) is 5.91 Å². The average Bonchev–Trinajstić information content (AvgIpc) is 2.90. The fraction of sp³-hybridized carbons (Fsp3) is 0.143. The molecule has 5 nitrogen and oxygen atoms in total. The van der Waals surface area contributed by atoms with E-state index in [4.69, 9.17) is 11.2 Å². The van der Waals surface area contributed by atoms with Crippen LogP contribution in [0.4, 0.5) is 4.79 Å². The summed E-state index contributed by atoms with van der Waals surface area (Å²) < 4.78 is 7.30. The summed E-state index contributed by atoms with van der Waals surface area (Å²) in [5, 5.41) is 2.66. The van der Waals surface area contributed by atoms with Gasteiger partial charge in [-0.1, -0.05) is 35.7 Å². The first-order chi connectivity index (χ1) is 13.4. The third kappa shape index (κ3) is 4.67. The molecule has 1 heterocycles. The molecule has 1 N–H and O–H groups in total. The van der Waals surface area contributed by atoms with E-state index in [2.05, 4.69) is 56.4 Å². The van der Waals surface area contributed by atoms with Gasteiger partial charge in [-0.25, -0.2) is 4.79 Å². The number of nitrogens with zero attached hydrogens (tertiary/aromatic N) is 1. The van der Waals surface area contributed by atoms with E-state index in [1.165, 1.54) is 4.90 Å². The van der Waals surface area contributed by atoms with E-state index in [-0.39, 0.29) is 24.8 Å². The number of rotatable bonds is 5. The first-order valence-corrected chi connectivity index (χ1v) is 10.5. The fourth-order valence-electron chi connectivity index (χ4n) is 2.67. The maximum absolute atomic E-state index is 12.7. The summed E-state index contributed by atoms with van der Waals surface area (Å²) in [5.41, 5.74) is 3.07. The summed E-state index contributed by atoms with van der Waals surface area (Å²) in [6.45, 7) is 2.41. The predicted octanol–water partition coefficient (Wildman–Crippen LogP) is 4.31. The Morgan fingerprint density at radius 1 is 1.18 bits per heavy atom. The molecule has 1 saturated heterocycles. The SMILES string of the molecule is C#CCOc1c(I)cc(/C=C2/NC(=O)N(Cc3ccc(C)cc3)C2=O)cc1I. The molecule has 1 aliphatic rings. The Bertz CT molecular complexity index is 984. The number of carbonyl (C=O) groups is 2. The number of imide groups is 1. The smallest absolute Gasteiger partial charge is 0.329 e. The lowest BCUT2D eigenvalue weighted by atomic mass is 10.1. The summed E-state index contributed by atoms with van der Waals surface area (Å²) in [7, 11) is 0. The highest BCUT2D eigenvalue weighted by Gasteiger charge is 2.33. The molecule has 0 aromatic heterocycles. The van der Waals surface area contributed by atoms with Gasteiger partial charge in [0.05, 0.1) is 13.7 Å². The van der Waals surface area contributed by atoms with Crippen LogP contribution in [0.1, 0.15) is 16.7 Å². The lowest BCUT2D eigenvalue weighted by Gasteiger charge is -2.12. The second kappa shape index (κ2) is 8.96. The van der Waals surface area contributed by atoms with Crippen LogP contribution in [-0.2, 0) is 11.3 Å². The van der Waals surface area contributed by atoms with Gasteiger partial charge in [0.1, 0.15) is 18.1 Å². The molecule has 0 saturated carbocycles. The largest absolute Gasteiger partial charge is 0.479 e. The van der Waals surface area contributed by atoms with E-state index >= 15 is 0 Å². The Kier molecular flexibility index (Phi) is 6.61. The number of nitrogens with one attached hydrogen (secondary N) is 1. The zero-order chi connectivity index (χ0) is 20.3. The molecule has 1 aliphatic heterocycles. The lowest BCUT2D eigenvalue weighted by Crippen LogP contribution is -2.30. The van der Waals surface area contributed by atoms with Crippen LogP contribution < -0.4 is 10.1 Å². The second-order valence-corrected chi connectivity index (χ2v) is 8.50. The zero-order valence-corrected chi connectivity index (χ0v) is 19.3. The number of hydrogen-bond acceptors (Lipinski definition) is 3. The van der Waals surface area contributed by atoms with Crippen LogP contribution in [-0.4, -0.2) is 23.4 Å². The summed E-state index contributed by atoms with van der Waals surface area (Å²) in [5.74, 6) is 2.81. The van der Waals surface area contributed by atoms with Gasteiger partial charge in [-0.05, 0) is 81.4 Å². The van der Waals surface area contributed by atoms with Crippen molar-refractivity contribution in [3.8, 4) is 18.1 Å². The molecule has 28 heavy (non-hydrogen) atoms. The number of aryl methyl sites for hydroxylation is 1. The van der Waals surface area contributed by atoms with Crippen molar-refractivity contribution in [3.63, 3.8) is 0 Å². The minimum absolute atomic E-state index is 0.189. The van der Waals surface area contributed by atoms with E-state index in [1.807, 2.05) is 43.3 Å². The van der Waals surface area contributed by atoms with Crippen molar-refractivity contribution in [2.45, 2.75) is 13.5 Å². The minimum atomic E-state index is -0.421. The van der Waals surface area contributed by atoms with E-state index in [9.17, 15) is 9.59 Å². The van der Waals surface area contributed by atoms with Gasteiger partial charge in [0.15, 0.2) is 0 Å². The third-order valence-electron chi connectivity index (χ3n) is 4.06. The lowest BCUT2D eigenvalue weighted by molar-refractivity contribution is -0.123. The quantitative estimate of drug-likeness (QED) is 0.242. The molecule has 0 spiro atoms. The van der Waals surface area contributed by atoms with E-state index in [1.54, 1.807) is 6.08 Å². The van der Waals surface area contributed by atoms with Crippen molar-refractivity contribution < 1.29 is 14.3 Å². The Morgan fingerprint density at radius 3 is 2.43 bits per heavy atom. The second-order valence-electron chi connectivity index (χ2n) is 6.17. The Labute approximate surface area is 190 Å². The van der Waals surface area contributed by atoms with Crippen LogP contribution in [0.25, 0.3) is 6.08 Å². The van der Waals surface area contributed by atoms with Crippen LogP contribution in [0.5, 0.6) is 5.75 Å². The topological polar surface area (TPSA) is 58.6 Å². The molecule has 142 valence electrons. The summed E-state index contributed by atoms with van der Waals surface area (Å²) in [6, 6.07) is 11.1. The van der Waals surface area contributed by atoms with Gasteiger partial charge in [0.2, 0.25) is 0 Å². The number of amides is 3. The normalized spacial score (nSPS) is 14.9. The molecule has 0 atom stereocenters. The Morgan fingerprint density at radius 2 is 1.82 bits per heavy atom. The first-order valence-electron chi connectivity index (χ1n) is 8.34. The maximum Gasteiger partial charge on any atom is 0.329 e. The first kappa shape index (κ1) is 20.7. The fourth-order valence-corrected chi connectivity index (χ4v) is 4.80. The number of halogens is 2. The molecular weight excluding hydrogens is 582 g/mol. The minimum Gasteiger partial charge on any atom is -0.479 e. The van der Waals surface area contributed by atoms with Crippen molar-refractivity contribution in [1.29, 1.82) is 0 Å². The number of ether oxygens (including phenoxy) is 1. The van der Waals surface area contributed by atoms with Crippen molar-refractivity contribution in [2.75, 3.05) is 6.61 Å². The monoisotopic (exact) mass is 598 g/mol. The van der Waals surface area contributed by atoms with Gasteiger partial charge in [-0.2, -0.15) is 0 Å². The standard InChI is InChI=1S/C21H16I2N2O3/c1-3-8-28-19-16(22)9-15(10-17(19)23)11-18-20(26)25(21(27)24-18)12-14-6-4-13(2)5-7-14/h1,4-7,9-11H,8,12H2,2H3,(H,24,27)/b18-11+. The van der Waals surface area contributed by atoms with Crippen LogP contribution >= 0.6 is 45.2 Å². The predicted molar refractivity (Wildman–Crippen MR) is 124 cm³/mol. The van der Waals surface area contributed by atoms with Crippen LogP contribution in [0.3, 0.4) is 0 Å². The van der Waals surface area contributed by atoms with Crippen molar-refractivity contribution >= 4 is 63.2 Å². The summed E-state index contributed by atoms with van der Waals surface area (Å²) in [6.07, 6.45) is 6.92. The molecule has 1 fully saturated rings. The molecular formula is C21H16I2N2O3.